The first-order chi connectivity index (χ1) is 8.72. The van der Waals surface area contributed by atoms with E-state index in [9.17, 15) is 9.90 Å². The summed E-state index contributed by atoms with van der Waals surface area (Å²) in [7, 11) is 0. The Morgan fingerprint density at radius 1 is 1.39 bits per heavy atom. The molecule has 98 valence electrons. The van der Waals surface area contributed by atoms with Gasteiger partial charge in [-0.2, -0.15) is 0 Å². The summed E-state index contributed by atoms with van der Waals surface area (Å²) in [5.74, 6) is -0.0440. The highest BCUT2D eigenvalue weighted by molar-refractivity contribution is 5.96. The third-order valence-corrected chi connectivity index (χ3v) is 3.27. The molecule has 1 aliphatic rings. The summed E-state index contributed by atoms with van der Waals surface area (Å²) in [5.41, 5.74) is 0.382. The molecule has 1 saturated heterocycles. The molecule has 0 aliphatic carbocycles. The van der Waals surface area contributed by atoms with Gasteiger partial charge in [0.2, 0.25) is 0 Å². The summed E-state index contributed by atoms with van der Waals surface area (Å²) >= 11 is 0. The molecule has 1 aromatic rings. The quantitative estimate of drug-likeness (QED) is 0.891. The number of hydrogen-bond donors (Lipinski definition) is 1. The molecular formula is C14H19NO3. The van der Waals surface area contributed by atoms with Crippen molar-refractivity contribution in [3.8, 4) is 5.75 Å². The molecule has 1 aliphatic heterocycles. The summed E-state index contributed by atoms with van der Waals surface area (Å²) in [6.07, 6.45) is 2.00. The predicted octanol–water partition coefficient (Wildman–Crippen LogP) is 2.03. The number of piperidine rings is 1. The number of aromatic hydroxyl groups is 1. The lowest BCUT2D eigenvalue weighted by Gasteiger charge is -2.31. The molecule has 0 bridgehead atoms. The first-order valence-corrected chi connectivity index (χ1v) is 6.41. The minimum atomic E-state index is -0.0944. The Morgan fingerprint density at radius 3 is 2.67 bits per heavy atom. The van der Waals surface area contributed by atoms with Crippen molar-refractivity contribution in [1.29, 1.82) is 0 Å². The summed E-state index contributed by atoms with van der Waals surface area (Å²) in [4.78, 5) is 14.0. The minimum absolute atomic E-state index is 0.0504. The highest BCUT2D eigenvalue weighted by Gasteiger charge is 2.24. The van der Waals surface area contributed by atoms with Crippen LogP contribution in [-0.2, 0) is 4.74 Å². The first kappa shape index (κ1) is 12.9. The van der Waals surface area contributed by atoms with Gasteiger partial charge < -0.3 is 14.7 Å². The average Bonchev–Trinajstić information content (AvgIpc) is 2.40. The van der Waals surface area contributed by atoms with Crippen molar-refractivity contribution in [2.45, 2.75) is 25.9 Å². The number of rotatable bonds is 3. The largest absolute Gasteiger partial charge is 0.507 e. The van der Waals surface area contributed by atoms with E-state index in [-0.39, 0.29) is 17.8 Å². The number of ether oxygens (including phenoxy) is 1. The van der Waals surface area contributed by atoms with E-state index in [1.165, 1.54) is 0 Å². The molecule has 0 saturated carbocycles. The Morgan fingerprint density at radius 2 is 2.06 bits per heavy atom. The smallest absolute Gasteiger partial charge is 0.257 e. The summed E-state index contributed by atoms with van der Waals surface area (Å²) in [6, 6.07) is 6.68. The second-order valence-corrected chi connectivity index (χ2v) is 4.46. The summed E-state index contributed by atoms with van der Waals surface area (Å²) in [5, 5.41) is 9.68. The fraction of sp³-hybridized carbons (Fsp3) is 0.500. The van der Waals surface area contributed by atoms with Crippen LogP contribution >= 0.6 is 0 Å². The number of benzene rings is 1. The maximum Gasteiger partial charge on any atom is 0.257 e. The fourth-order valence-corrected chi connectivity index (χ4v) is 2.29. The van der Waals surface area contributed by atoms with Crippen LogP contribution in [0.1, 0.15) is 30.1 Å². The first-order valence-electron chi connectivity index (χ1n) is 6.41. The van der Waals surface area contributed by atoms with Crippen LogP contribution in [0, 0.1) is 0 Å². The van der Waals surface area contributed by atoms with Crippen molar-refractivity contribution < 1.29 is 14.6 Å². The van der Waals surface area contributed by atoms with Crippen LogP contribution in [0.3, 0.4) is 0 Å². The molecule has 1 aromatic carbocycles. The normalized spacial score (nSPS) is 16.8. The number of phenols is 1. The minimum Gasteiger partial charge on any atom is -0.507 e. The zero-order chi connectivity index (χ0) is 13.0. The molecule has 2 rings (SSSR count). The van der Waals surface area contributed by atoms with Crippen molar-refractivity contribution in [3.05, 3.63) is 29.8 Å². The molecule has 0 radical (unpaired) electrons. The summed E-state index contributed by atoms with van der Waals surface area (Å²) < 4.78 is 5.55. The van der Waals surface area contributed by atoms with Crippen LogP contribution in [0.4, 0.5) is 0 Å². The lowest BCUT2D eigenvalue weighted by molar-refractivity contribution is 0.0145. The number of para-hydroxylation sites is 1. The Bertz CT molecular complexity index is 411. The van der Waals surface area contributed by atoms with Crippen LogP contribution in [0.15, 0.2) is 24.3 Å². The van der Waals surface area contributed by atoms with Gasteiger partial charge in [0, 0.05) is 19.7 Å². The van der Waals surface area contributed by atoms with Crippen molar-refractivity contribution in [2.24, 2.45) is 0 Å². The number of carbonyl (C=O) groups is 1. The molecule has 1 N–H and O–H groups in total. The lowest BCUT2D eigenvalue weighted by Crippen LogP contribution is -2.40. The maximum atomic E-state index is 12.2. The van der Waals surface area contributed by atoms with E-state index in [0.29, 0.717) is 18.7 Å². The van der Waals surface area contributed by atoms with Crippen LogP contribution < -0.4 is 0 Å². The van der Waals surface area contributed by atoms with Gasteiger partial charge in [-0.05, 0) is 31.9 Å². The molecule has 1 heterocycles. The standard InChI is InChI=1S/C14H19NO3/c1-2-18-11-7-9-15(10-8-11)14(17)12-5-3-4-6-13(12)16/h3-6,11,16H,2,7-10H2,1H3. The van der Waals surface area contributed by atoms with Crippen molar-refractivity contribution >= 4 is 5.91 Å². The highest BCUT2D eigenvalue weighted by atomic mass is 16.5. The molecule has 1 amide bonds. The topological polar surface area (TPSA) is 49.8 Å². The highest BCUT2D eigenvalue weighted by Crippen LogP contribution is 2.21. The van der Waals surface area contributed by atoms with Crippen molar-refractivity contribution in [2.75, 3.05) is 19.7 Å². The predicted molar refractivity (Wildman–Crippen MR) is 68.7 cm³/mol. The van der Waals surface area contributed by atoms with Gasteiger partial charge in [-0.15, -0.1) is 0 Å². The molecule has 0 aromatic heterocycles. The number of hydrogen-bond acceptors (Lipinski definition) is 3. The van der Waals surface area contributed by atoms with Crippen LogP contribution in [0.25, 0.3) is 0 Å². The zero-order valence-corrected chi connectivity index (χ0v) is 10.6. The van der Waals surface area contributed by atoms with Crippen molar-refractivity contribution in [3.63, 3.8) is 0 Å². The third kappa shape index (κ3) is 2.82. The van der Waals surface area contributed by atoms with Crippen LogP contribution in [0.5, 0.6) is 5.75 Å². The van der Waals surface area contributed by atoms with Crippen LogP contribution in [0.2, 0.25) is 0 Å². The molecule has 4 nitrogen and oxygen atoms in total. The molecule has 0 spiro atoms. The van der Waals surface area contributed by atoms with Gasteiger partial charge in [-0.3, -0.25) is 4.79 Å². The molecular weight excluding hydrogens is 230 g/mol. The molecule has 1 fully saturated rings. The van der Waals surface area contributed by atoms with E-state index < -0.39 is 0 Å². The molecule has 0 atom stereocenters. The monoisotopic (exact) mass is 249 g/mol. The zero-order valence-electron chi connectivity index (χ0n) is 10.6. The van der Waals surface area contributed by atoms with E-state index in [0.717, 1.165) is 19.4 Å². The van der Waals surface area contributed by atoms with Gasteiger partial charge in [-0.1, -0.05) is 12.1 Å². The number of nitrogens with zero attached hydrogens (tertiary/aromatic N) is 1. The Kier molecular flexibility index (Phi) is 4.20. The van der Waals surface area contributed by atoms with Gasteiger partial charge in [0.05, 0.1) is 11.7 Å². The van der Waals surface area contributed by atoms with Gasteiger partial charge in [0.25, 0.3) is 5.91 Å². The van der Waals surface area contributed by atoms with E-state index in [4.69, 9.17) is 4.74 Å². The van der Waals surface area contributed by atoms with Crippen LogP contribution in [-0.4, -0.2) is 41.7 Å². The third-order valence-electron chi connectivity index (χ3n) is 3.27. The molecule has 18 heavy (non-hydrogen) atoms. The number of likely N-dealkylation sites (tertiary alicyclic amines) is 1. The lowest BCUT2D eigenvalue weighted by atomic mass is 10.1. The number of amides is 1. The molecule has 0 unspecified atom stereocenters. The Labute approximate surface area is 107 Å². The van der Waals surface area contributed by atoms with E-state index in [1.807, 2.05) is 6.92 Å². The van der Waals surface area contributed by atoms with Gasteiger partial charge >= 0.3 is 0 Å². The van der Waals surface area contributed by atoms with E-state index in [1.54, 1.807) is 29.2 Å². The SMILES string of the molecule is CCOC1CCN(C(=O)c2ccccc2O)CC1. The van der Waals surface area contributed by atoms with Gasteiger partial charge in [0.15, 0.2) is 0 Å². The van der Waals surface area contributed by atoms with Gasteiger partial charge in [0.1, 0.15) is 5.75 Å². The van der Waals surface area contributed by atoms with Gasteiger partial charge in [-0.25, -0.2) is 0 Å². The fourth-order valence-electron chi connectivity index (χ4n) is 2.29. The number of carbonyl (C=O) groups excluding carboxylic acids is 1. The maximum absolute atomic E-state index is 12.2. The summed E-state index contributed by atoms with van der Waals surface area (Å²) in [6.45, 7) is 4.09. The second-order valence-electron chi connectivity index (χ2n) is 4.46. The average molecular weight is 249 g/mol. The molecule has 4 heteroatoms. The Balaban J connectivity index is 1.98. The number of phenolic OH excluding ortho intramolecular Hbond substituents is 1. The Hall–Kier alpha value is -1.55. The van der Waals surface area contributed by atoms with E-state index >= 15 is 0 Å². The van der Waals surface area contributed by atoms with E-state index in [2.05, 4.69) is 0 Å². The van der Waals surface area contributed by atoms with Crippen molar-refractivity contribution in [1.82, 2.24) is 4.90 Å². The second kappa shape index (κ2) is 5.87.